The lowest BCUT2D eigenvalue weighted by Gasteiger charge is -2.28. The van der Waals surface area contributed by atoms with Gasteiger partial charge in [0.25, 0.3) is 0 Å². The zero-order chi connectivity index (χ0) is 25.7. The van der Waals surface area contributed by atoms with Crippen molar-refractivity contribution in [1.82, 2.24) is 9.97 Å². The predicted molar refractivity (Wildman–Crippen MR) is 127 cm³/mol. The summed E-state index contributed by atoms with van der Waals surface area (Å²) in [6.07, 6.45) is 4.05. The molecule has 2 aromatic heterocycles. The Morgan fingerprint density at radius 2 is 1.65 bits per heavy atom. The van der Waals surface area contributed by atoms with E-state index in [4.69, 9.17) is 14.2 Å². The van der Waals surface area contributed by atoms with Gasteiger partial charge in [0, 0.05) is 18.8 Å². The largest absolute Gasteiger partial charge is 0.488 e. The number of anilines is 1. The van der Waals surface area contributed by atoms with Crippen molar-refractivity contribution < 1.29 is 28.2 Å². The molecule has 2 aromatic rings. The SMILES string of the molecule is C=CCOc1cncc(Cc2ccnc(N(C(=O)OC(C)(C)C)C(=O)OC(C)(C)C)c2F)c1C. The molecule has 184 valence electrons. The van der Waals surface area contributed by atoms with Crippen molar-refractivity contribution >= 4 is 18.0 Å². The molecule has 2 heterocycles. The van der Waals surface area contributed by atoms with E-state index >= 15 is 4.39 Å². The van der Waals surface area contributed by atoms with E-state index in [1.807, 2.05) is 6.92 Å². The summed E-state index contributed by atoms with van der Waals surface area (Å²) in [6.45, 7) is 15.6. The summed E-state index contributed by atoms with van der Waals surface area (Å²) in [5.74, 6) is -0.807. The minimum Gasteiger partial charge on any atom is -0.488 e. The van der Waals surface area contributed by atoms with Crippen LogP contribution in [-0.4, -0.2) is 40.0 Å². The molecule has 0 aliphatic heterocycles. The van der Waals surface area contributed by atoms with Crippen LogP contribution in [0.25, 0.3) is 0 Å². The van der Waals surface area contributed by atoms with Gasteiger partial charge in [-0.1, -0.05) is 12.7 Å². The number of ether oxygens (including phenoxy) is 3. The highest BCUT2D eigenvalue weighted by Gasteiger charge is 2.36. The molecule has 0 aromatic carbocycles. The third-order valence-corrected chi connectivity index (χ3v) is 4.33. The highest BCUT2D eigenvalue weighted by atomic mass is 19.1. The Morgan fingerprint density at radius 1 is 1.06 bits per heavy atom. The molecule has 0 aliphatic carbocycles. The van der Waals surface area contributed by atoms with Gasteiger partial charge in [-0.05, 0) is 71.2 Å². The molecule has 2 amide bonds. The molecule has 0 unspecified atom stereocenters. The Balaban J connectivity index is 2.48. The maximum absolute atomic E-state index is 15.6. The first-order valence-corrected chi connectivity index (χ1v) is 10.8. The van der Waals surface area contributed by atoms with Gasteiger partial charge in [0.1, 0.15) is 23.6 Å². The Morgan fingerprint density at radius 3 is 2.18 bits per heavy atom. The smallest absolute Gasteiger partial charge is 0.425 e. The van der Waals surface area contributed by atoms with Crippen molar-refractivity contribution in [1.29, 1.82) is 0 Å². The number of amides is 2. The second-order valence-corrected chi connectivity index (χ2v) is 9.60. The van der Waals surface area contributed by atoms with Crippen LogP contribution in [0.15, 0.2) is 37.3 Å². The molecule has 0 bridgehead atoms. The molecule has 9 heteroatoms. The summed E-state index contributed by atoms with van der Waals surface area (Å²) in [4.78, 5) is 34.3. The quantitative estimate of drug-likeness (QED) is 0.493. The van der Waals surface area contributed by atoms with Crippen LogP contribution in [0.1, 0.15) is 58.2 Å². The molecule has 8 nitrogen and oxygen atoms in total. The van der Waals surface area contributed by atoms with Gasteiger partial charge in [-0.15, -0.1) is 0 Å². The van der Waals surface area contributed by atoms with Gasteiger partial charge in [-0.3, -0.25) is 4.98 Å². The van der Waals surface area contributed by atoms with Crippen LogP contribution in [-0.2, 0) is 15.9 Å². The normalized spacial score (nSPS) is 11.5. The lowest BCUT2D eigenvalue weighted by molar-refractivity contribution is 0.0427. The first-order chi connectivity index (χ1) is 15.7. The van der Waals surface area contributed by atoms with E-state index in [1.54, 1.807) is 60.0 Å². The summed E-state index contributed by atoms with van der Waals surface area (Å²) in [5.41, 5.74) is -0.169. The van der Waals surface area contributed by atoms with Crippen LogP contribution in [0.4, 0.5) is 19.8 Å². The standard InChI is InChI=1S/C25H32FN3O5/c1-9-12-32-19-15-27-14-18(16(19)2)13-17-10-11-28-21(20(17)26)29(22(30)33-24(3,4)5)23(31)34-25(6,7)8/h9-11,14-15H,1,12-13H2,2-8H3. The molecule has 0 N–H and O–H groups in total. The Kier molecular flexibility index (Phi) is 8.36. The Hall–Kier alpha value is -3.49. The van der Waals surface area contributed by atoms with Crippen LogP contribution < -0.4 is 9.64 Å². The summed E-state index contributed by atoms with van der Waals surface area (Å²) >= 11 is 0. The van der Waals surface area contributed by atoms with Gasteiger partial charge in [-0.25, -0.2) is 19.0 Å². The average Bonchev–Trinajstić information content (AvgIpc) is 2.68. The third-order valence-electron chi connectivity index (χ3n) is 4.33. The molecule has 2 rings (SSSR count). The molecule has 34 heavy (non-hydrogen) atoms. The second-order valence-electron chi connectivity index (χ2n) is 9.60. The van der Waals surface area contributed by atoms with E-state index in [0.717, 1.165) is 5.56 Å². The molecular formula is C25H32FN3O5. The number of nitrogens with zero attached hydrogens (tertiary/aromatic N) is 3. The number of pyridine rings is 2. The second kappa shape index (κ2) is 10.6. The van der Waals surface area contributed by atoms with Crippen LogP contribution in [0.3, 0.4) is 0 Å². The molecule has 0 saturated heterocycles. The predicted octanol–water partition coefficient (Wildman–Crippen LogP) is 5.76. The van der Waals surface area contributed by atoms with Crippen LogP contribution in [0.5, 0.6) is 5.75 Å². The van der Waals surface area contributed by atoms with Gasteiger partial charge in [0.15, 0.2) is 11.6 Å². The van der Waals surface area contributed by atoms with Crippen molar-refractivity contribution in [2.45, 2.75) is 66.1 Å². The fourth-order valence-corrected chi connectivity index (χ4v) is 2.85. The van der Waals surface area contributed by atoms with Crippen LogP contribution in [0, 0.1) is 12.7 Å². The number of carbonyl (C=O) groups excluding carboxylic acids is 2. The van der Waals surface area contributed by atoms with Gasteiger partial charge < -0.3 is 14.2 Å². The van der Waals surface area contributed by atoms with E-state index in [0.29, 0.717) is 22.8 Å². The van der Waals surface area contributed by atoms with Crippen molar-refractivity contribution in [3.63, 3.8) is 0 Å². The van der Waals surface area contributed by atoms with Crippen molar-refractivity contribution in [3.05, 3.63) is 59.8 Å². The lowest BCUT2D eigenvalue weighted by Crippen LogP contribution is -2.44. The van der Waals surface area contributed by atoms with Gasteiger partial charge in [-0.2, -0.15) is 4.90 Å². The summed E-state index contributed by atoms with van der Waals surface area (Å²) in [5, 5.41) is 0. The number of hydrogen-bond acceptors (Lipinski definition) is 7. The molecule has 0 saturated carbocycles. The number of halogens is 1. The molecule has 0 radical (unpaired) electrons. The van der Waals surface area contributed by atoms with Crippen molar-refractivity contribution in [3.8, 4) is 5.75 Å². The van der Waals surface area contributed by atoms with E-state index in [9.17, 15) is 9.59 Å². The number of rotatable bonds is 6. The zero-order valence-electron chi connectivity index (χ0n) is 20.8. The molecule has 0 fully saturated rings. The average molecular weight is 474 g/mol. The topological polar surface area (TPSA) is 90.9 Å². The molecule has 0 atom stereocenters. The first-order valence-electron chi connectivity index (χ1n) is 10.8. The first kappa shape index (κ1) is 26.8. The van der Waals surface area contributed by atoms with Crippen LogP contribution in [0.2, 0.25) is 0 Å². The number of aromatic nitrogens is 2. The van der Waals surface area contributed by atoms with Gasteiger partial charge >= 0.3 is 12.2 Å². The molecular weight excluding hydrogens is 441 g/mol. The highest BCUT2D eigenvalue weighted by molar-refractivity contribution is 6.08. The highest BCUT2D eigenvalue weighted by Crippen LogP contribution is 2.28. The van der Waals surface area contributed by atoms with E-state index < -0.39 is 35.0 Å². The fourth-order valence-electron chi connectivity index (χ4n) is 2.85. The van der Waals surface area contributed by atoms with Gasteiger partial charge in [0.05, 0.1) is 6.20 Å². The number of carbonyl (C=O) groups is 2. The molecule has 0 spiro atoms. The monoisotopic (exact) mass is 473 g/mol. The number of hydrogen-bond donors (Lipinski definition) is 0. The van der Waals surface area contributed by atoms with E-state index in [2.05, 4.69) is 16.5 Å². The molecule has 0 aliphatic rings. The Labute approximate surface area is 199 Å². The maximum atomic E-state index is 15.6. The minimum atomic E-state index is -1.09. The Bertz CT molecular complexity index is 1030. The van der Waals surface area contributed by atoms with Gasteiger partial charge in [0.2, 0.25) is 0 Å². The van der Waals surface area contributed by atoms with Crippen LogP contribution >= 0.6 is 0 Å². The summed E-state index contributed by atoms with van der Waals surface area (Å²) < 4.78 is 31.9. The fraction of sp³-hybridized carbons (Fsp3) is 0.440. The third kappa shape index (κ3) is 7.26. The van der Waals surface area contributed by atoms with Crippen molar-refractivity contribution in [2.24, 2.45) is 0 Å². The van der Waals surface area contributed by atoms with E-state index in [-0.39, 0.29) is 12.0 Å². The lowest BCUT2D eigenvalue weighted by atomic mass is 10.0. The number of imide groups is 1. The maximum Gasteiger partial charge on any atom is 0.425 e. The minimum absolute atomic E-state index is 0.127. The summed E-state index contributed by atoms with van der Waals surface area (Å²) in [7, 11) is 0. The summed E-state index contributed by atoms with van der Waals surface area (Å²) in [6, 6.07) is 1.47. The van der Waals surface area contributed by atoms with Crippen molar-refractivity contribution in [2.75, 3.05) is 11.5 Å². The zero-order valence-corrected chi connectivity index (χ0v) is 20.8. The van der Waals surface area contributed by atoms with E-state index in [1.165, 1.54) is 12.3 Å².